The molecular weight excluding hydrogens is 410 g/mol. The van der Waals surface area contributed by atoms with Gasteiger partial charge in [0.2, 0.25) is 5.91 Å². The van der Waals surface area contributed by atoms with Crippen molar-refractivity contribution in [3.05, 3.63) is 29.3 Å². The molecule has 1 aromatic rings. The first kappa shape index (κ1) is 24.5. The molecule has 0 aromatic heterocycles. The van der Waals surface area contributed by atoms with Gasteiger partial charge in [0, 0.05) is 53.4 Å². The number of amides is 2. The first-order chi connectivity index (χ1) is 15.4. The topological polar surface area (TPSA) is 80.3 Å². The molecule has 1 N–H and O–H groups in total. The van der Waals surface area contributed by atoms with Gasteiger partial charge in [-0.25, -0.2) is 0 Å². The van der Waals surface area contributed by atoms with E-state index in [1.165, 1.54) is 0 Å². The predicted molar refractivity (Wildman–Crippen MR) is 122 cm³/mol. The second kappa shape index (κ2) is 11.6. The second-order valence-electron chi connectivity index (χ2n) is 8.76. The third kappa shape index (κ3) is 6.43. The minimum atomic E-state index is -0.114. The van der Waals surface area contributed by atoms with E-state index in [4.69, 9.17) is 14.2 Å². The molecule has 8 heteroatoms. The summed E-state index contributed by atoms with van der Waals surface area (Å²) in [5.74, 6) is 0.555. The Labute approximate surface area is 191 Å². The molecule has 32 heavy (non-hydrogen) atoms. The van der Waals surface area contributed by atoms with Crippen LogP contribution in [-0.4, -0.2) is 87.9 Å². The van der Waals surface area contributed by atoms with Crippen molar-refractivity contribution < 1.29 is 23.8 Å². The molecule has 2 atom stereocenters. The Balaban J connectivity index is 1.78. The highest BCUT2D eigenvalue weighted by atomic mass is 16.5. The minimum absolute atomic E-state index is 0.0792. The van der Waals surface area contributed by atoms with E-state index >= 15 is 0 Å². The summed E-state index contributed by atoms with van der Waals surface area (Å²) in [7, 11) is 5.10. The van der Waals surface area contributed by atoms with Crippen LogP contribution in [0.5, 0.6) is 5.75 Å². The predicted octanol–water partition coefficient (Wildman–Crippen LogP) is 2.23. The van der Waals surface area contributed by atoms with Crippen LogP contribution in [0.3, 0.4) is 0 Å². The lowest BCUT2D eigenvalue weighted by Crippen LogP contribution is -2.43. The van der Waals surface area contributed by atoms with E-state index in [1.54, 1.807) is 26.1 Å². The Hall–Kier alpha value is -2.16. The standard InChI is InChI=1S/C24H37N3O5/c1-17(27(19-7-8-19)23(28)15-20-16-25-10-13-31-20)18-6-9-21(24(29)26(2)3)22(14-18)32-12-5-11-30-4/h6,9,14,17,19-20,25H,5,7-8,10-13,15-16H2,1-4H3. The molecule has 1 aliphatic carbocycles. The molecule has 1 heterocycles. The summed E-state index contributed by atoms with van der Waals surface area (Å²) in [4.78, 5) is 29.4. The number of morpholine rings is 1. The zero-order valence-electron chi connectivity index (χ0n) is 19.8. The fourth-order valence-electron chi connectivity index (χ4n) is 4.02. The summed E-state index contributed by atoms with van der Waals surface area (Å²) >= 11 is 0. The number of nitrogens with zero attached hydrogens (tertiary/aromatic N) is 2. The summed E-state index contributed by atoms with van der Waals surface area (Å²) in [6.07, 6.45) is 3.08. The monoisotopic (exact) mass is 447 g/mol. The molecule has 2 fully saturated rings. The second-order valence-corrected chi connectivity index (χ2v) is 8.76. The molecule has 0 radical (unpaired) electrons. The molecule has 0 bridgehead atoms. The van der Waals surface area contributed by atoms with Crippen molar-refractivity contribution in [1.29, 1.82) is 0 Å². The van der Waals surface area contributed by atoms with Gasteiger partial charge in [-0.15, -0.1) is 0 Å². The van der Waals surface area contributed by atoms with Crippen molar-refractivity contribution >= 4 is 11.8 Å². The van der Waals surface area contributed by atoms with Gasteiger partial charge in [0.1, 0.15) is 5.75 Å². The quantitative estimate of drug-likeness (QED) is 0.524. The van der Waals surface area contributed by atoms with Crippen molar-refractivity contribution in [2.24, 2.45) is 0 Å². The van der Waals surface area contributed by atoms with Gasteiger partial charge in [0.05, 0.1) is 37.3 Å². The van der Waals surface area contributed by atoms with Crippen LogP contribution < -0.4 is 10.1 Å². The van der Waals surface area contributed by atoms with Gasteiger partial charge in [-0.1, -0.05) is 6.07 Å². The zero-order valence-corrected chi connectivity index (χ0v) is 19.8. The number of benzene rings is 1. The molecule has 8 nitrogen and oxygen atoms in total. The van der Waals surface area contributed by atoms with Gasteiger partial charge >= 0.3 is 0 Å². The highest BCUT2D eigenvalue weighted by molar-refractivity contribution is 5.96. The summed E-state index contributed by atoms with van der Waals surface area (Å²) in [5.41, 5.74) is 1.49. The number of nitrogens with one attached hydrogen (secondary N) is 1. The van der Waals surface area contributed by atoms with Crippen LogP contribution in [0.1, 0.15) is 54.6 Å². The molecule has 1 aliphatic heterocycles. The third-order valence-electron chi connectivity index (χ3n) is 5.93. The normalized spacial score (nSPS) is 19.3. The first-order valence-corrected chi connectivity index (χ1v) is 11.5. The number of carbonyl (C=O) groups is 2. The van der Waals surface area contributed by atoms with Crippen molar-refractivity contribution in [2.75, 3.05) is 54.1 Å². The maximum absolute atomic E-state index is 13.2. The molecule has 2 amide bonds. The molecule has 1 saturated carbocycles. The molecule has 1 aromatic carbocycles. The van der Waals surface area contributed by atoms with Crippen molar-refractivity contribution in [3.8, 4) is 5.75 Å². The summed E-state index contributed by atoms with van der Waals surface area (Å²) in [6, 6.07) is 5.81. The maximum atomic E-state index is 13.2. The van der Waals surface area contributed by atoms with Gasteiger partial charge in [-0.05, 0) is 37.5 Å². The van der Waals surface area contributed by atoms with Crippen LogP contribution in [0, 0.1) is 0 Å². The number of rotatable bonds is 11. The van der Waals surface area contributed by atoms with Crippen LogP contribution in [0.25, 0.3) is 0 Å². The number of hydrogen-bond donors (Lipinski definition) is 1. The zero-order chi connectivity index (χ0) is 23.1. The Kier molecular flexibility index (Phi) is 8.90. The molecular formula is C24H37N3O5. The minimum Gasteiger partial charge on any atom is -0.493 e. The van der Waals surface area contributed by atoms with Crippen molar-refractivity contribution in [3.63, 3.8) is 0 Å². The van der Waals surface area contributed by atoms with Gasteiger partial charge in [0.15, 0.2) is 0 Å². The molecule has 3 rings (SSSR count). The number of carbonyl (C=O) groups excluding carboxylic acids is 2. The number of methoxy groups -OCH3 is 1. The number of hydrogen-bond acceptors (Lipinski definition) is 6. The first-order valence-electron chi connectivity index (χ1n) is 11.5. The largest absolute Gasteiger partial charge is 0.493 e. The summed E-state index contributed by atoms with van der Waals surface area (Å²) in [6.45, 7) is 5.28. The highest BCUT2D eigenvalue weighted by Gasteiger charge is 2.37. The summed E-state index contributed by atoms with van der Waals surface area (Å²) < 4.78 is 16.8. The fourth-order valence-corrected chi connectivity index (χ4v) is 4.02. The van der Waals surface area contributed by atoms with E-state index in [0.717, 1.165) is 31.4 Å². The van der Waals surface area contributed by atoms with Gasteiger partial charge in [0.25, 0.3) is 5.91 Å². The average Bonchev–Trinajstić information content (AvgIpc) is 3.62. The third-order valence-corrected chi connectivity index (χ3v) is 5.93. The van der Waals surface area contributed by atoms with Crippen LogP contribution in [0.2, 0.25) is 0 Å². The Morgan fingerprint density at radius 1 is 1.25 bits per heavy atom. The number of ether oxygens (including phenoxy) is 3. The molecule has 2 aliphatic rings. The van der Waals surface area contributed by atoms with E-state index in [9.17, 15) is 9.59 Å². The van der Waals surface area contributed by atoms with Crippen LogP contribution >= 0.6 is 0 Å². The molecule has 178 valence electrons. The van der Waals surface area contributed by atoms with E-state index in [2.05, 4.69) is 5.32 Å². The lowest BCUT2D eigenvalue weighted by Gasteiger charge is -2.32. The van der Waals surface area contributed by atoms with Crippen LogP contribution in [0.4, 0.5) is 0 Å². The van der Waals surface area contributed by atoms with Crippen molar-refractivity contribution in [2.45, 2.75) is 50.8 Å². The Bertz CT molecular complexity index is 775. The smallest absolute Gasteiger partial charge is 0.257 e. The summed E-state index contributed by atoms with van der Waals surface area (Å²) in [5, 5.41) is 3.29. The Morgan fingerprint density at radius 3 is 2.66 bits per heavy atom. The van der Waals surface area contributed by atoms with Gasteiger partial charge in [-0.3, -0.25) is 9.59 Å². The Morgan fingerprint density at radius 2 is 2.03 bits per heavy atom. The van der Waals surface area contributed by atoms with E-state index in [-0.39, 0.29) is 30.0 Å². The van der Waals surface area contributed by atoms with E-state index in [0.29, 0.717) is 44.1 Å². The lowest BCUT2D eigenvalue weighted by atomic mass is 10.0. The SMILES string of the molecule is COCCCOc1cc(C(C)N(C(=O)CC2CNCCO2)C2CC2)ccc1C(=O)N(C)C. The maximum Gasteiger partial charge on any atom is 0.257 e. The van der Waals surface area contributed by atoms with Gasteiger partial charge in [-0.2, -0.15) is 0 Å². The average molecular weight is 448 g/mol. The molecule has 2 unspecified atom stereocenters. The molecule has 0 spiro atoms. The van der Waals surface area contributed by atoms with Gasteiger partial charge < -0.3 is 29.3 Å². The molecule has 1 saturated heterocycles. The van der Waals surface area contributed by atoms with Crippen molar-refractivity contribution in [1.82, 2.24) is 15.1 Å². The van der Waals surface area contributed by atoms with Crippen LogP contribution in [0.15, 0.2) is 18.2 Å². The van der Waals surface area contributed by atoms with E-state index < -0.39 is 0 Å². The fraction of sp³-hybridized carbons (Fsp3) is 0.667. The van der Waals surface area contributed by atoms with E-state index in [1.807, 2.05) is 30.0 Å². The van der Waals surface area contributed by atoms with Crippen LogP contribution in [-0.2, 0) is 14.3 Å². The highest BCUT2D eigenvalue weighted by Crippen LogP contribution is 2.37. The lowest BCUT2D eigenvalue weighted by molar-refractivity contribution is -0.137.